The van der Waals surface area contributed by atoms with Crippen molar-refractivity contribution in [2.75, 3.05) is 5.32 Å². The Bertz CT molecular complexity index is 828. The number of para-hydroxylation sites is 1. The van der Waals surface area contributed by atoms with Gasteiger partial charge < -0.3 is 5.32 Å². The highest BCUT2D eigenvalue weighted by atomic mass is 79.9. The Labute approximate surface area is 124 Å². The van der Waals surface area contributed by atoms with E-state index in [2.05, 4.69) is 26.2 Å². The van der Waals surface area contributed by atoms with E-state index in [1.165, 1.54) is 4.57 Å². The van der Waals surface area contributed by atoms with Gasteiger partial charge in [-0.3, -0.25) is 9.36 Å². The molecule has 4 nitrogen and oxygen atoms in total. The van der Waals surface area contributed by atoms with Crippen LogP contribution in [0.4, 0.5) is 11.6 Å². The minimum absolute atomic E-state index is 0.0743. The molecule has 0 aliphatic rings. The van der Waals surface area contributed by atoms with Crippen LogP contribution in [-0.2, 0) is 7.05 Å². The molecular formula is C15H12BrN3O. The predicted molar refractivity (Wildman–Crippen MR) is 84.4 cm³/mol. The lowest BCUT2D eigenvalue weighted by atomic mass is 10.2. The zero-order chi connectivity index (χ0) is 14.1. The van der Waals surface area contributed by atoms with E-state index in [0.717, 1.165) is 10.2 Å². The number of hydrogen-bond donors (Lipinski definition) is 1. The standard InChI is InChI=1S/C15H12BrN3O/c1-19-14(20)12-9-10(16)7-8-13(12)18-15(19)17-11-5-3-2-4-6-11/h2-9H,1H3,(H,17,18). The maximum absolute atomic E-state index is 12.4. The number of hydrogen-bond acceptors (Lipinski definition) is 3. The van der Waals surface area contributed by atoms with E-state index in [1.54, 1.807) is 13.1 Å². The number of halogens is 1. The lowest BCUT2D eigenvalue weighted by molar-refractivity contribution is 0.856. The zero-order valence-corrected chi connectivity index (χ0v) is 12.4. The second-order valence-corrected chi connectivity index (χ2v) is 5.37. The first-order valence-electron chi connectivity index (χ1n) is 6.13. The van der Waals surface area contributed by atoms with Gasteiger partial charge in [-0.15, -0.1) is 0 Å². The summed E-state index contributed by atoms with van der Waals surface area (Å²) < 4.78 is 2.38. The Kier molecular flexibility index (Phi) is 3.28. The molecule has 2 aromatic carbocycles. The van der Waals surface area contributed by atoms with Crippen LogP contribution >= 0.6 is 15.9 Å². The van der Waals surface area contributed by atoms with Crippen molar-refractivity contribution < 1.29 is 0 Å². The monoisotopic (exact) mass is 329 g/mol. The third-order valence-electron chi connectivity index (χ3n) is 3.07. The van der Waals surface area contributed by atoms with E-state index >= 15 is 0 Å². The molecule has 0 aliphatic carbocycles. The number of nitrogens with zero attached hydrogens (tertiary/aromatic N) is 2. The molecule has 0 spiro atoms. The Morgan fingerprint density at radius 3 is 2.65 bits per heavy atom. The van der Waals surface area contributed by atoms with Gasteiger partial charge in [0.1, 0.15) is 0 Å². The van der Waals surface area contributed by atoms with E-state index in [-0.39, 0.29) is 5.56 Å². The van der Waals surface area contributed by atoms with Gasteiger partial charge in [0, 0.05) is 17.2 Å². The SMILES string of the molecule is Cn1c(Nc2ccccc2)nc2ccc(Br)cc2c1=O. The minimum atomic E-state index is -0.0743. The number of anilines is 2. The van der Waals surface area contributed by atoms with Crippen molar-refractivity contribution in [2.24, 2.45) is 7.05 Å². The average molecular weight is 330 g/mol. The van der Waals surface area contributed by atoms with Crippen molar-refractivity contribution in [3.05, 3.63) is 63.4 Å². The third-order valence-corrected chi connectivity index (χ3v) is 3.56. The first-order chi connectivity index (χ1) is 9.65. The second-order valence-electron chi connectivity index (χ2n) is 4.45. The Morgan fingerprint density at radius 2 is 1.90 bits per heavy atom. The summed E-state index contributed by atoms with van der Waals surface area (Å²) in [5.74, 6) is 0.524. The molecule has 100 valence electrons. The molecular weight excluding hydrogens is 318 g/mol. The van der Waals surface area contributed by atoms with Crippen LogP contribution in [0.15, 0.2) is 57.8 Å². The molecule has 3 rings (SSSR count). The van der Waals surface area contributed by atoms with Crippen molar-refractivity contribution in [1.82, 2.24) is 9.55 Å². The van der Waals surface area contributed by atoms with Crippen LogP contribution in [0.2, 0.25) is 0 Å². The van der Waals surface area contributed by atoms with Crippen molar-refractivity contribution >= 4 is 38.5 Å². The van der Waals surface area contributed by atoms with Crippen LogP contribution in [-0.4, -0.2) is 9.55 Å². The smallest absolute Gasteiger partial charge is 0.262 e. The van der Waals surface area contributed by atoms with Gasteiger partial charge in [-0.05, 0) is 30.3 Å². The molecule has 0 aliphatic heterocycles. The third kappa shape index (κ3) is 2.32. The van der Waals surface area contributed by atoms with Gasteiger partial charge in [-0.25, -0.2) is 4.98 Å². The molecule has 1 N–H and O–H groups in total. The van der Waals surface area contributed by atoms with Gasteiger partial charge in [0.2, 0.25) is 5.95 Å². The molecule has 20 heavy (non-hydrogen) atoms. The molecule has 5 heteroatoms. The fourth-order valence-corrected chi connectivity index (χ4v) is 2.37. The highest BCUT2D eigenvalue weighted by molar-refractivity contribution is 9.10. The maximum Gasteiger partial charge on any atom is 0.262 e. The lowest BCUT2D eigenvalue weighted by Gasteiger charge is -2.11. The minimum Gasteiger partial charge on any atom is -0.326 e. The van der Waals surface area contributed by atoms with Crippen molar-refractivity contribution in [2.45, 2.75) is 0 Å². The highest BCUT2D eigenvalue weighted by Crippen LogP contribution is 2.18. The molecule has 0 unspecified atom stereocenters. The van der Waals surface area contributed by atoms with Crippen LogP contribution in [0.1, 0.15) is 0 Å². The van der Waals surface area contributed by atoms with Gasteiger partial charge in [0.25, 0.3) is 5.56 Å². The zero-order valence-electron chi connectivity index (χ0n) is 10.8. The van der Waals surface area contributed by atoms with Crippen LogP contribution in [0.25, 0.3) is 10.9 Å². The number of nitrogens with one attached hydrogen (secondary N) is 1. The largest absolute Gasteiger partial charge is 0.326 e. The van der Waals surface area contributed by atoms with Gasteiger partial charge >= 0.3 is 0 Å². The molecule has 0 atom stereocenters. The average Bonchev–Trinajstić information content (AvgIpc) is 2.46. The van der Waals surface area contributed by atoms with Crippen LogP contribution in [0.5, 0.6) is 0 Å². The van der Waals surface area contributed by atoms with Crippen LogP contribution in [0.3, 0.4) is 0 Å². The normalized spacial score (nSPS) is 10.7. The molecule has 0 bridgehead atoms. The molecule has 0 fully saturated rings. The summed E-state index contributed by atoms with van der Waals surface area (Å²) in [6, 6.07) is 15.2. The molecule has 0 saturated carbocycles. The van der Waals surface area contributed by atoms with Crippen molar-refractivity contribution in [3.8, 4) is 0 Å². The number of rotatable bonds is 2. The Morgan fingerprint density at radius 1 is 1.15 bits per heavy atom. The maximum atomic E-state index is 12.4. The second kappa shape index (κ2) is 5.09. The number of aromatic nitrogens is 2. The Hall–Kier alpha value is -2.14. The number of benzene rings is 2. The molecule has 3 aromatic rings. The molecule has 0 amide bonds. The van der Waals surface area contributed by atoms with Gasteiger partial charge in [0.15, 0.2) is 0 Å². The summed E-state index contributed by atoms with van der Waals surface area (Å²) in [7, 11) is 1.71. The first-order valence-corrected chi connectivity index (χ1v) is 6.93. The lowest BCUT2D eigenvalue weighted by Crippen LogP contribution is -2.21. The summed E-state index contributed by atoms with van der Waals surface area (Å²) in [6.45, 7) is 0. The van der Waals surface area contributed by atoms with Crippen molar-refractivity contribution in [3.63, 3.8) is 0 Å². The summed E-state index contributed by atoms with van der Waals surface area (Å²) in [4.78, 5) is 16.9. The highest BCUT2D eigenvalue weighted by Gasteiger charge is 2.08. The van der Waals surface area contributed by atoms with E-state index in [4.69, 9.17) is 0 Å². The summed E-state index contributed by atoms with van der Waals surface area (Å²) >= 11 is 3.37. The van der Waals surface area contributed by atoms with Crippen LogP contribution < -0.4 is 10.9 Å². The van der Waals surface area contributed by atoms with Gasteiger partial charge in [-0.2, -0.15) is 0 Å². The van der Waals surface area contributed by atoms with E-state index in [9.17, 15) is 4.79 Å². The molecule has 1 aromatic heterocycles. The van der Waals surface area contributed by atoms with E-state index in [0.29, 0.717) is 16.9 Å². The fourth-order valence-electron chi connectivity index (χ4n) is 2.01. The quantitative estimate of drug-likeness (QED) is 0.783. The molecule has 1 heterocycles. The molecule has 0 saturated heterocycles. The van der Waals surface area contributed by atoms with Crippen molar-refractivity contribution in [1.29, 1.82) is 0 Å². The van der Waals surface area contributed by atoms with E-state index < -0.39 is 0 Å². The fraction of sp³-hybridized carbons (Fsp3) is 0.0667. The molecule has 0 radical (unpaired) electrons. The Balaban J connectivity index is 2.15. The summed E-state index contributed by atoms with van der Waals surface area (Å²) in [5, 5.41) is 3.76. The topological polar surface area (TPSA) is 46.9 Å². The van der Waals surface area contributed by atoms with Crippen LogP contribution in [0, 0.1) is 0 Å². The summed E-state index contributed by atoms with van der Waals surface area (Å²) in [6.07, 6.45) is 0. The van der Waals surface area contributed by atoms with Gasteiger partial charge in [0.05, 0.1) is 10.9 Å². The first kappa shape index (κ1) is 12.9. The van der Waals surface area contributed by atoms with Gasteiger partial charge in [-0.1, -0.05) is 34.1 Å². The van der Waals surface area contributed by atoms with E-state index in [1.807, 2.05) is 42.5 Å². The predicted octanol–water partition coefficient (Wildman–Crippen LogP) is 3.44. The number of fused-ring (bicyclic) bond motifs is 1. The summed E-state index contributed by atoms with van der Waals surface area (Å²) in [5.41, 5.74) is 1.50.